The van der Waals surface area contributed by atoms with Crippen molar-refractivity contribution in [3.63, 3.8) is 0 Å². The van der Waals surface area contributed by atoms with Crippen LogP contribution in [0.1, 0.15) is 71.4 Å². The lowest BCUT2D eigenvalue weighted by Crippen LogP contribution is -2.56. The molecule has 5 unspecified atom stereocenters. The maximum absolute atomic E-state index is 14.5. The number of hydrogen-bond acceptors (Lipinski definition) is 8. The summed E-state index contributed by atoms with van der Waals surface area (Å²) in [6, 6.07) is 2.34. The van der Waals surface area contributed by atoms with Crippen LogP contribution < -0.4 is 15.4 Å². The number of aryl methyl sites for hydroxylation is 1. The normalized spacial score (nSPS) is 27.4. The van der Waals surface area contributed by atoms with Crippen molar-refractivity contribution < 1.29 is 38.1 Å². The number of ether oxygens (including phenoxy) is 2. The van der Waals surface area contributed by atoms with Gasteiger partial charge in [-0.05, 0) is 65.5 Å². The third kappa shape index (κ3) is 7.18. The first-order valence-corrected chi connectivity index (χ1v) is 15.4. The van der Waals surface area contributed by atoms with Crippen molar-refractivity contribution in [1.29, 1.82) is 0 Å². The molecule has 5 rings (SSSR count). The van der Waals surface area contributed by atoms with Gasteiger partial charge >= 0.3 is 12.1 Å². The average molecular weight is 626 g/mol. The molecule has 3 aliphatic rings. The number of halogens is 1. The third-order valence-electron chi connectivity index (χ3n) is 8.37. The number of fused-ring (bicyclic) bond motifs is 3. The molecule has 2 aliphatic heterocycles. The Balaban J connectivity index is 1.45. The highest BCUT2D eigenvalue weighted by Crippen LogP contribution is 2.45. The first-order valence-electron chi connectivity index (χ1n) is 15.4. The molecule has 2 fully saturated rings. The Kier molecular flexibility index (Phi) is 8.99. The Hall–Kier alpha value is -4.29. The predicted molar refractivity (Wildman–Crippen MR) is 161 cm³/mol. The van der Waals surface area contributed by atoms with E-state index in [0.717, 1.165) is 19.3 Å². The van der Waals surface area contributed by atoms with E-state index in [4.69, 9.17) is 9.47 Å². The second-order valence-corrected chi connectivity index (χ2v) is 13.0. The smallest absolute Gasteiger partial charge is 0.408 e. The fourth-order valence-corrected chi connectivity index (χ4v) is 5.98. The number of carbonyl (C=O) groups is 4. The summed E-state index contributed by atoms with van der Waals surface area (Å²) in [7, 11) is 0. The van der Waals surface area contributed by atoms with E-state index in [2.05, 4.69) is 20.6 Å². The van der Waals surface area contributed by atoms with Gasteiger partial charge in [-0.3, -0.25) is 9.59 Å². The highest BCUT2D eigenvalue weighted by molar-refractivity contribution is 5.96. The number of aromatic nitrogens is 2. The minimum absolute atomic E-state index is 0.0172. The largest absolute Gasteiger partial charge is 0.479 e. The molecule has 0 bridgehead atoms. The molecule has 12 nitrogen and oxygen atoms in total. The zero-order valence-electron chi connectivity index (χ0n) is 26.0. The van der Waals surface area contributed by atoms with Crippen LogP contribution in [-0.2, 0) is 19.1 Å². The highest BCUT2D eigenvalue weighted by atomic mass is 19.1. The van der Waals surface area contributed by atoms with Crippen molar-refractivity contribution in [3.05, 3.63) is 41.9 Å². The molecule has 5 atom stereocenters. The molecule has 242 valence electrons. The van der Waals surface area contributed by atoms with Crippen molar-refractivity contribution in [2.75, 3.05) is 6.54 Å². The van der Waals surface area contributed by atoms with Crippen LogP contribution in [0.3, 0.4) is 0 Å². The van der Waals surface area contributed by atoms with E-state index in [1.54, 1.807) is 33.8 Å². The average Bonchev–Trinajstić information content (AvgIpc) is 3.48. The molecular formula is C32H40FN5O7. The van der Waals surface area contributed by atoms with Gasteiger partial charge in [0.2, 0.25) is 17.7 Å². The first kappa shape index (κ1) is 32.1. The number of nitrogens with one attached hydrogen (secondary N) is 2. The zero-order chi connectivity index (χ0) is 32.5. The molecule has 45 heavy (non-hydrogen) atoms. The van der Waals surface area contributed by atoms with Gasteiger partial charge in [-0.25, -0.2) is 23.9 Å². The molecule has 1 saturated heterocycles. The number of hydrogen-bond donors (Lipinski definition) is 3. The van der Waals surface area contributed by atoms with Gasteiger partial charge < -0.3 is 30.1 Å². The number of benzene rings is 1. The molecule has 0 radical (unpaired) electrons. The van der Waals surface area contributed by atoms with Gasteiger partial charge in [0.05, 0.1) is 12.1 Å². The fraction of sp³-hybridized carbons (Fsp3) is 0.562. The lowest BCUT2D eigenvalue weighted by Gasteiger charge is -2.30. The van der Waals surface area contributed by atoms with E-state index in [1.807, 2.05) is 12.2 Å². The Morgan fingerprint density at radius 2 is 1.96 bits per heavy atom. The van der Waals surface area contributed by atoms with E-state index < -0.39 is 59.0 Å². The van der Waals surface area contributed by atoms with Crippen LogP contribution in [-0.4, -0.2) is 79.7 Å². The van der Waals surface area contributed by atoms with Gasteiger partial charge in [0.25, 0.3) is 0 Å². The van der Waals surface area contributed by atoms with Crippen LogP contribution in [0.25, 0.3) is 11.0 Å². The maximum Gasteiger partial charge on any atom is 0.408 e. The van der Waals surface area contributed by atoms with Crippen LogP contribution >= 0.6 is 0 Å². The predicted octanol–water partition coefficient (Wildman–Crippen LogP) is 3.80. The summed E-state index contributed by atoms with van der Waals surface area (Å²) in [5.74, 6) is -3.16. The summed E-state index contributed by atoms with van der Waals surface area (Å²) in [6.45, 7) is 6.76. The molecule has 3 amide bonds. The van der Waals surface area contributed by atoms with Crippen LogP contribution in [0.5, 0.6) is 5.88 Å². The minimum Gasteiger partial charge on any atom is -0.479 e. The number of aliphatic carboxylic acids is 1. The molecule has 13 heteroatoms. The van der Waals surface area contributed by atoms with E-state index in [9.17, 15) is 28.7 Å². The number of amides is 3. The van der Waals surface area contributed by atoms with Gasteiger partial charge in [-0.15, -0.1) is 0 Å². The summed E-state index contributed by atoms with van der Waals surface area (Å²) in [6.07, 6.45) is 5.79. The molecule has 1 aromatic heterocycles. The Bertz CT molecular complexity index is 1530. The van der Waals surface area contributed by atoms with Gasteiger partial charge in [-0.2, -0.15) is 0 Å². The van der Waals surface area contributed by atoms with Gasteiger partial charge in [-0.1, -0.05) is 31.1 Å². The molecule has 0 spiro atoms. The SMILES string of the molecule is Cc1nc2cccc(F)c2nc1OC1CC2C(=O)NC3(C(=O)O)CC3C=CCCCCCC(NC(=O)OC(C)(C)C)C(=O)N2C1. The van der Waals surface area contributed by atoms with Crippen molar-refractivity contribution in [1.82, 2.24) is 25.5 Å². The number of carbonyl (C=O) groups excluding carboxylic acids is 3. The summed E-state index contributed by atoms with van der Waals surface area (Å²) in [5, 5.41) is 15.5. The van der Waals surface area contributed by atoms with Gasteiger partial charge in [0, 0.05) is 12.3 Å². The molecular weight excluding hydrogens is 585 g/mol. The molecule has 3 N–H and O–H groups in total. The molecule has 1 saturated carbocycles. The van der Waals surface area contributed by atoms with E-state index >= 15 is 0 Å². The second kappa shape index (κ2) is 12.6. The summed E-state index contributed by atoms with van der Waals surface area (Å²) in [5.41, 5.74) is -1.48. The summed E-state index contributed by atoms with van der Waals surface area (Å²) in [4.78, 5) is 63.0. The van der Waals surface area contributed by atoms with Crippen molar-refractivity contribution in [2.45, 2.75) is 102 Å². The number of alkyl carbamates (subject to hydrolysis) is 1. The minimum atomic E-state index is -1.46. The monoisotopic (exact) mass is 625 g/mol. The summed E-state index contributed by atoms with van der Waals surface area (Å²) >= 11 is 0. The second-order valence-electron chi connectivity index (χ2n) is 13.0. The Morgan fingerprint density at radius 1 is 1.18 bits per heavy atom. The third-order valence-corrected chi connectivity index (χ3v) is 8.37. The van der Waals surface area contributed by atoms with E-state index in [-0.39, 0.29) is 36.7 Å². The number of rotatable bonds is 4. The Morgan fingerprint density at radius 3 is 2.69 bits per heavy atom. The van der Waals surface area contributed by atoms with Gasteiger partial charge in [0.1, 0.15) is 40.5 Å². The van der Waals surface area contributed by atoms with Crippen molar-refractivity contribution in [3.8, 4) is 5.88 Å². The fourth-order valence-electron chi connectivity index (χ4n) is 5.98. The van der Waals surface area contributed by atoms with Crippen LogP contribution in [0.2, 0.25) is 0 Å². The topological polar surface area (TPSA) is 160 Å². The van der Waals surface area contributed by atoms with Crippen LogP contribution in [0.15, 0.2) is 30.4 Å². The number of carboxylic acid groups (broad SMARTS) is 1. The number of carboxylic acids is 1. The molecule has 2 aromatic rings. The molecule has 1 aliphatic carbocycles. The summed E-state index contributed by atoms with van der Waals surface area (Å²) < 4.78 is 26.1. The standard InChI is InChI=1S/C32H40FN5O7/c1-18-27(36-25-21(33)12-10-14-22(25)34-18)44-20-15-24-26(39)37-32(29(41)42)16-19(32)11-8-6-5-7-9-13-23(28(40)38(24)17-20)35-30(43)45-31(2,3)4/h8,10-12,14,19-20,23-24H,5-7,9,13,15-17H2,1-4H3,(H,35,43)(H,37,39)(H,41,42). The molecule has 3 heterocycles. The lowest BCUT2D eigenvalue weighted by molar-refractivity contribution is -0.145. The number of nitrogens with zero attached hydrogens (tertiary/aromatic N) is 3. The number of para-hydroxylation sites is 1. The lowest BCUT2D eigenvalue weighted by atomic mass is 10.0. The van der Waals surface area contributed by atoms with Gasteiger partial charge in [0.15, 0.2) is 5.82 Å². The first-order chi connectivity index (χ1) is 21.3. The van der Waals surface area contributed by atoms with Crippen LogP contribution in [0.4, 0.5) is 9.18 Å². The Labute approximate surface area is 260 Å². The van der Waals surface area contributed by atoms with Crippen LogP contribution in [0, 0.1) is 18.7 Å². The van der Waals surface area contributed by atoms with Crippen molar-refractivity contribution in [2.24, 2.45) is 5.92 Å². The van der Waals surface area contributed by atoms with Crippen molar-refractivity contribution >= 4 is 34.9 Å². The highest BCUT2D eigenvalue weighted by Gasteiger charge is 2.61. The zero-order valence-corrected chi connectivity index (χ0v) is 26.0. The quantitative estimate of drug-likeness (QED) is 0.430. The molecule has 1 aromatic carbocycles. The van der Waals surface area contributed by atoms with E-state index in [0.29, 0.717) is 24.1 Å². The van der Waals surface area contributed by atoms with E-state index in [1.165, 1.54) is 17.0 Å². The maximum atomic E-state index is 14.5. The number of allylic oxidation sites excluding steroid dienone is 1.